The van der Waals surface area contributed by atoms with Gasteiger partial charge in [-0.15, -0.1) is 23.1 Å². The average Bonchev–Trinajstić information content (AvgIpc) is 3.12. The van der Waals surface area contributed by atoms with Gasteiger partial charge in [-0.2, -0.15) is 0 Å². The highest BCUT2D eigenvalue weighted by molar-refractivity contribution is 8.00. The van der Waals surface area contributed by atoms with E-state index in [-0.39, 0.29) is 11.7 Å². The topological polar surface area (TPSA) is 64.6 Å². The Morgan fingerprint density at radius 3 is 2.59 bits per heavy atom. The van der Waals surface area contributed by atoms with Crippen LogP contribution in [0.1, 0.15) is 35.3 Å². The number of rotatable bonds is 6. The van der Waals surface area contributed by atoms with Gasteiger partial charge in [-0.25, -0.2) is 0 Å². The number of amides is 1. The Morgan fingerprint density at radius 2 is 1.85 bits per heavy atom. The molecule has 5 nitrogen and oxygen atoms in total. The lowest BCUT2D eigenvalue weighted by Crippen LogP contribution is -2.34. The Balaban J connectivity index is 1.53. The van der Waals surface area contributed by atoms with Crippen LogP contribution < -0.4 is 14.8 Å². The van der Waals surface area contributed by atoms with Crippen LogP contribution >= 0.6 is 23.1 Å². The molecular formula is C20H23NO4S2. The van der Waals surface area contributed by atoms with Crippen LogP contribution in [0.25, 0.3) is 0 Å². The molecule has 2 aromatic rings. The maximum Gasteiger partial charge on any atom is 0.225 e. The van der Waals surface area contributed by atoms with Crippen molar-refractivity contribution in [3.8, 4) is 11.5 Å². The molecule has 1 aromatic heterocycles. The van der Waals surface area contributed by atoms with E-state index < -0.39 is 5.41 Å². The van der Waals surface area contributed by atoms with Gasteiger partial charge < -0.3 is 14.8 Å². The Kier molecular flexibility index (Phi) is 6.11. The summed E-state index contributed by atoms with van der Waals surface area (Å²) in [6.45, 7) is 7.18. The van der Waals surface area contributed by atoms with Crippen LogP contribution in [0.15, 0.2) is 35.2 Å². The summed E-state index contributed by atoms with van der Waals surface area (Å²) in [5, 5.41) is 2.91. The number of fused-ring (bicyclic) bond motifs is 1. The van der Waals surface area contributed by atoms with Gasteiger partial charge in [0, 0.05) is 15.2 Å². The van der Waals surface area contributed by atoms with Gasteiger partial charge >= 0.3 is 0 Å². The van der Waals surface area contributed by atoms with Crippen molar-refractivity contribution in [1.82, 2.24) is 5.32 Å². The van der Waals surface area contributed by atoms with E-state index in [1.54, 1.807) is 0 Å². The molecule has 0 aliphatic carbocycles. The van der Waals surface area contributed by atoms with E-state index in [0.717, 1.165) is 21.3 Å². The highest BCUT2D eigenvalue weighted by atomic mass is 32.2. The number of ketones is 1. The molecule has 0 bridgehead atoms. The number of benzene rings is 1. The van der Waals surface area contributed by atoms with Crippen LogP contribution in [0.5, 0.6) is 11.5 Å². The molecule has 1 aromatic carbocycles. The predicted octanol–water partition coefficient (Wildman–Crippen LogP) is 4.16. The van der Waals surface area contributed by atoms with Gasteiger partial charge in [0.2, 0.25) is 5.91 Å². The lowest BCUT2D eigenvalue weighted by molar-refractivity contribution is -0.128. The second kappa shape index (κ2) is 8.35. The zero-order chi connectivity index (χ0) is 19.4. The van der Waals surface area contributed by atoms with Crippen molar-refractivity contribution in [2.45, 2.75) is 32.2 Å². The zero-order valence-electron chi connectivity index (χ0n) is 15.7. The van der Waals surface area contributed by atoms with Crippen molar-refractivity contribution < 1.29 is 19.1 Å². The fourth-order valence-corrected chi connectivity index (χ4v) is 4.17. The summed E-state index contributed by atoms with van der Waals surface area (Å²) in [6, 6.07) is 9.45. The minimum absolute atomic E-state index is 0.00191. The molecule has 0 saturated carbocycles. The molecule has 0 radical (unpaired) electrons. The van der Waals surface area contributed by atoms with E-state index in [1.165, 1.54) is 23.1 Å². The molecule has 1 aliphatic heterocycles. The third-order valence-corrected chi connectivity index (χ3v) is 6.04. The van der Waals surface area contributed by atoms with Gasteiger partial charge in [0.15, 0.2) is 17.3 Å². The molecule has 1 aliphatic rings. The number of thioether (sulfide) groups is 1. The summed E-state index contributed by atoms with van der Waals surface area (Å²) < 4.78 is 11.1. The second-order valence-corrected chi connectivity index (χ2v) is 9.43. The van der Waals surface area contributed by atoms with E-state index in [0.29, 0.717) is 30.4 Å². The number of carbonyl (C=O) groups is 2. The largest absolute Gasteiger partial charge is 0.486 e. The monoisotopic (exact) mass is 405 g/mol. The zero-order valence-corrected chi connectivity index (χ0v) is 17.3. The third kappa shape index (κ3) is 5.26. The minimum Gasteiger partial charge on any atom is -0.486 e. The predicted molar refractivity (Wildman–Crippen MR) is 108 cm³/mol. The molecule has 144 valence electrons. The summed E-state index contributed by atoms with van der Waals surface area (Å²) >= 11 is 2.91. The molecule has 1 N–H and O–H groups in total. The Morgan fingerprint density at radius 1 is 1.11 bits per heavy atom. The number of carbonyl (C=O) groups excluding carboxylic acids is 2. The van der Waals surface area contributed by atoms with Crippen LogP contribution in [0.3, 0.4) is 0 Å². The Labute approximate surface area is 167 Å². The standard InChI is InChI=1S/C20H23NO4S2/c1-20(2,3)19(23)21-11-14-5-7-18(27-14)15(22)12-26-13-4-6-16-17(10-13)25-9-8-24-16/h4-7,10H,8-9,11-12H2,1-3H3,(H,21,23). The molecule has 0 unspecified atom stereocenters. The molecule has 0 fully saturated rings. The molecule has 7 heteroatoms. The number of hydrogen-bond donors (Lipinski definition) is 1. The Hall–Kier alpha value is -1.99. The van der Waals surface area contributed by atoms with Gasteiger partial charge in [-0.3, -0.25) is 9.59 Å². The third-order valence-electron chi connectivity index (χ3n) is 3.92. The molecular weight excluding hydrogens is 382 g/mol. The lowest BCUT2D eigenvalue weighted by Gasteiger charge is -2.18. The molecule has 3 rings (SSSR count). The van der Waals surface area contributed by atoms with E-state index in [2.05, 4.69) is 5.32 Å². The van der Waals surface area contributed by atoms with Crippen molar-refractivity contribution in [3.63, 3.8) is 0 Å². The van der Waals surface area contributed by atoms with Crippen LogP contribution in [0.2, 0.25) is 0 Å². The molecule has 0 atom stereocenters. The van der Waals surface area contributed by atoms with Crippen LogP contribution in [-0.2, 0) is 11.3 Å². The van der Waals surface area contributed by atoms with Gasteiger partial charge in [-0.05, 0) is 30.3 Å². The SMILES string of the molecule is CC(C)(C)C(=O)NCc1ccc(C(=O)CSc2ccc3c(c2)OCCO3)s1. The van der Waals surface area contributed by atoms with Crippen molar-refractivity contribution in [2.24, 2.45) is 5.41 Å². The highest BCUT2D eigenvalue weighted by Crippen LogP contribution is 2.34. The van der Waals surface area contributed by atoms with Crippen LogP contribution in [-0.4, -0.2) is 30.7 Å². The maximum absolute atomic E-state index is 12.5. The summed E-state index contributed by atoms with van der Waals surface area (Å²) in [6.07, 6.45) is 0. The second-order valence-electron chi connectivity index (χ2n) is 7.22. The first-order chi connectivity index (χ1) is 12.8. The molecule has 0 spiro atoms. The van der Waals surface area contributed by atoms with Crippen molar-refractivity contribution >= 4 is 34.8 Å². The number of hydrogen-bond acceptors (Lipinski definition) is 6. The number of ether oxygens (including phenoxy) is 2. The fraction of sp³-hybridized carbons (Fsp3) is 0.400. The van der Waals surface area contributed by atoms with Crippen molar-refractivity contribution in [1.29, 1.82) is 0 Å². The normalized spacial score (nSPS) is 13.3. The maximum atomic E-state index is 12.5. The van der Waals surface area contributed by atoms with E-state index in [4.69, 9.17) is 9.47 Å². The van der Waals surface area contributed by atoms with Gasteiger partial charge in [-0.1, -0.05) is 20.8 Å². The first kappa shape index (κ1) is 19.8. The molecule has 0 saturated heterocycles. The lowest BCUT2D eigenvalue weighted by atomic mass is 9.96. The fourth-order valence-electron chi connectivity index (χ4n) is 2.39. The van der Waals surface area contributed by atoms with E-state index in [9.17, 15) is 9.59 Å². The van der Waals surface area contributed by atoms with Gasteiger partial charge in [0.05, 0.1) is 17.2 Å². The van der Waals surface area contributed by atoms with Crippen LogP contribution in [0.4, 0.5) is 0 Å². The highest BCUT2D eigenvalue weighted by Gasteiger charge is 2.21. The summed E-state index contributed by atoms with van der Waals surface area (Å²) in [5.41, 5.74) is -0.420. The summed E-state index contributed by atoms with van der Waals surface area (Å²) in [5.74, 6) is 1.91. The average molecular weight is 406 g/mol. The number of thiophene rings is 1. The number of Topliss-reactive ketones (excluding diaryl/α,β-unsaturated/α-hetero) is 1. The van der Waals surface area contributed by atoms with E-state index >= 15 is 0 Å². The smallest absolute Gasteiger partial charge is 0.225 e. The quantitative estimate of drug-likeness (QED) is 0.578. The first-order valence-electron chi connectivity index (χ1n) is 8.75. The first-order valence-corrected chi connectivity index (χ1v) is 10.6. The molecule has 2 heterocycles. The number of nitrogens with one attached hydrogen (secondary N) is 1. The van der Waals surface area contributed by atoms with E-state index in [1.807, 2.05) is 51.1 Å². The summed E-state index contributed by atoms with van der Waals surface area (Å²) in [7, 11) is 0. The summed E-state index contributed by atoms with van der Waals surface area (Å²) in [4.78, 5) is 27.1. The molecule has 27 heavy (non-hydrogen) atoms. The Bertz CT molecular complexity index is 839. The van der Waals surface area contributed by atoms with Gasteiger partial charge in [0.25, 0.3) is 0 Å². The minimum atomic E-state index is -0.420. The van der Waals surface area contributed by atoms with Crippen molar-refractivity contribution in [2.75, 3.05) is 19.0 Å². The van der Waals surface area contributed by atoms with Crippen molar-refractivity contribution in [3.05, 3.63) is 40.1 Å². The molecule has 1 amide bonds. The van der Waals surface area contributed by atoms with Gasteiger partial charge in [0.1, 0.15) is 13.2 Å². The van der Waals surface area contributed by atoms with Crippen LogP contribution in [0, 0.1) is 5.41 Å².